The number of benzene rings is 1. The van der Waals surface area contributed by atoms with Gasteiger partial charge in [-0.2, -0.15) is 10.2 Å². The van der Waals surface area contributed by atoms with E-state index in [0.29, 0.717) is 12.1 Å². The van der Waals surface area contributed by atoms with Crippen molar-refractivity contribution >= 4 is 17.5 Å². The average molecular weight is 262 g/mol. The minimum Gasteiger partial charge on any atom is -0.350 e. The second kappa shape index (κ2) is 6.12. The number of hydrogen-bond donors (Lipinski definition) is 1. The van der Waals surface area contributed by atoms with E-state index in [1.54, 1.807) is 6.07 Å². The van der Waals surface area contributed by atoms with Crippen LogP contribution in [0.3, 0.4) is 0 Å². The van der Waals surface area contributed by atoms with Crippen LogP contribution in [0.5, 0.6) is 0 Å². The largest absolute Gasteiger partial charge is 0.350 e. The van der Waals surface area contributed by atoms with Crippen molar-refractivity contribution in [3.8, 4) is 0 Å². The molecule has 0 aliphatic rings. The van der Waals surface area contributed by atoms with Gasteiger partial charge in [-0.25, -0.2) is 0 Å². The van der Waals surface area contributed by atoms with Gasteiger partial charge >= 0.3 is 0 Å². The topological polar surface area (TPSA) is 54.9 Å². The summed E-state index contributed by atoms with van der Waals surface area (Å²) < 4.78 is 0. The smallest absolute Gasteiger partial charge is 0.253 e. The molecule has 92 valence electrons. The molecule has 0 spiro atoms. The number of aromatic nitrogens is 2. The van der Waals surface area contributed by atoms with E-state index in [9.17, 15) is 4.79 Å². The van der Waals surface area contributed by atoms with E-state index in [-0.39, 0.29) is 11.3 Å². The molecule has 1 N–H and O–H groups in total. The predicted molar refractivity (Wildman–Crippen MR) is 69.4 cm³/mol. The Morgan fingerprint density at radius 1 is 1.22 bits per heavy atom. The van der Waals surface area contributed by atoms with Crippen molar-refractivity contribution in [1.82, 2.24) is 15.5 Å². The summed E-state index contributed by atoms with van der Waals surface area (Å²) >= 11 is 6.20. The molecule has 0 radical (unpaired) electrons. The fourth-order valence-electron chi connectivity index (χ4n) is 1.49. The first-order valence-corrected chi connectivity index (χ1v) is 5.95. The molecule has 0 saturated heterocycles. The van der Waals surface area contributed by atoms with E-state index in [2.05, 4.69) is 15.5 Å². The summed E-state index contributed by atoms with van der Waals surface area (Å²) in [4.78, 5) is 11.7. The third-order valence-corrected chi connectivity index (χ3v) is 2.86. The molecule has 4 nitrogen and oxygen atoms in total. The number of halogens is 1. The summed E-state index contributed by atoms with van der Waals surface area (Å²) in [6.07, 6.45) is 2.89. The molecule has 5 heteroatoms. The number of carbonyl (C=O) groups is 1. The molecule has 0 saturated carbocycles. The zero-order valence-corrected chi connectivity index (χ0v) is 10.3. The molecule has 1 aromatic heterocycles. The maximum atomic E-state index is 11.7. The number of hydrogen-bond acceptors (Lipinski definition) is 3. The van der Waals surface area contributed by atoms with Gasteiger partial charge < -0.3 is 5.32 Å². The number of carbonyl (C=O) groups excluding carboxylic acids is 1. The van der Waals surface area contributed by atoms with E-state index in [1.165, 1.54) is 12.4 Å². The molecule has 18 heavy (non-hydrogen) atoms. The fraction of sp³-hybridized carbons (Fsp3) is 0.154. The van der Waals surface area contributed by atoms with Crippen LogP contribution in [0.25, 0.3) is 0 Å². The summed E-state index contributed by atoms with van der Waals surface area (Å²) in [7, 11) is 0. The first-order valence-electron chi connectivity index (χ1n) is 5.51. The van der Waals surface area contributed by atoms with Crippen molar-refractivity contribution in [3.05, 3.63) is 59.9 Å². The van der Waals surface area contributed by atoms with Gasteiger partial charge in [-0.05, 0) is 11.6 Å². The van der Waals surface area contributed by atoms with Crippen LogP contribution < -0.4 is 5.32 Å². The van der Waals surface area contributed by atoms with Gasteiger partial charge in [0.15, 0.2) is 0 Å². The quantitative estimate of drug-likeness (QED) is 0.859. The van der Waals surface area contributed by atoms with E-state index in [0.717, 1.165) is 5.56 Å². The van der Waals surface area contributed by atoms with Gasteiger partial charge in [0, 0.05) is 6.54 Å². The van der Waals surface area contributed by atoms with Crippen LogP contribution in [0.1, 0.15) is 21.3 Å². The average Bonchev–Trinajstić information content (AvgIpc) is 2.46. The number of amides is 1. The van der Waals surface area contributed by atoms with Crippen molar-refractivity contribution in [3.63, 3.8) is 0 Å². The summed E-state index contributed by atoms with van der Waals surface area (Å²) in [5.41, 5.74) is 1.45. The Balaban J connectivity index is 1.91. The van der Waals surface area contributed by atoms with Crippen LogP contribution in [-0.2, 0) is 0 Å². The van der Waals surface area contributed by atoms with E-state index < -0.39 is 0 Å². The van der Waals surface area contributed by atoms with Gasteiger partial charge in [0.1, 0.15) is 0 Å². The van der Waals surface area contributed by atoms with Gasteiger partial charge in [-0.1, -0.05) is 30.3 Å². The molecule has 2 aromatic rings. The zero-order chi connectivity index (χ0) is 12.8. The maximum absolute atomic E-state index is 11.7. The molecule has 1 atom stereocenters. The minimum absolute atomic E-state index is 0.202. The van der Waals surface area contributed by atoms with Crippen molar-refractivity contribution in [1.29, 1.82) is 0 Å². The summed E-state index contributed by atoms with van der Waals surface area (Å²) in [6, 6.07) is 11.2. The Labute approximate surface area is 110 Å². The predicted octanol–water partition coefficient (Wildman–Crippen LogP) is 2.19. The lowest BCUT2D eigenvalue weighted by Crippen LogP contribution is -2.26. The maximum Gasteiger partial charge on any atom is 0.253 e. The minimum atomic E-state index is -0.245. The standard InChI is InChI=1S/C13H12ClN3O/c14-12(10-4-2-1-3-5-10)9-15-13(18)11-6-7-16-17-8-11/h1-8,12H,9H2,(H,15,18). The molecule has 0 bridgehead atoms. The lowest BCUT2D eigenvalue weighted by molar-refractivity contribution is 0.0953. The van der Waals surface area contributed by atoms with Crippen molar-refractivity contribution in [2.45, 2.75) is 5.38 Å². The van der Waals surface area contributed by atoms with E-state index in [4.69, 9.17) is 11.6 Å². The zero-order valence-electron chi connectivity index (χ0n) is 9.58. The molecule has 0 aliphatic carbocycles. The molecule has 0 aliphatic heterocycles. The third-order valence-electron chi connectivity index (χ3n) is 2.45. The van der Waals surface area contributed by atoms with Crippen LogP contribution >= 0.6 is 11.6 Å². The Bertz CT molecular complexity index is 504. The number of alkyl halides is 1. The highest BCUT2D eigenvalue weighted by molar-refractivity contribution is 6.21. The fourth-order valence-corrected chi connectivity index (χ4v) is 1.71. The first kappa shape index (κ1) is 12.5. The van der Waals surface area contributed by atoms with Gasteiger partial charge in [0.05, 0.1) is 23.3 Å². The van der Waals surface area contributed by atoms with Crippen LogP contribution in [0.4, 0.5) is 0 Å². The van der Waals surface area contributed by atoms with Gasteiger partial charge in [-0.15, -0.1) is 11.6 Å². The molecule has 1 amide bonds. The van der Waals surface area contributed by atoms with Gasteiger partial charge in [0.25, 0.3) is 5.91 Å². The lowest BCUT2D eigenvalue weighted by Gasteiger charge is -2.10. The first-order chi connectivity index (χ1) is 8.77. The summed E-state index contributed by atoms with van der Waals surface area (Å²) in [5.74, 6) is -0.202. The Morgan fingerprint density at radius 2 is 2.00 bits per heavy atom. The Hall–Kier alpha value is -1.94. The van der Waals surface area contributed by atoms with Crippen molar-refractivity contribution < 1.29 is 4.79 Å². The molecule has 1 unspecified atom stereocenters. The number of nitrogens with one attached hydrogen (secondary N) is 1. The van der Waals surface area contributed by atoms with Crippen LogP contribution in [0.2, 0.25) is 0 Å². The second-order valence-corrected chi connectivity index (χ2v) is 4.25. The second-order valence-electron chi connectivity index (χ2n) is 3.72. The monoisotopic (exact) mass is 261 g/mol. The van der Waals surface area contributed by atoms with Crippen LogP contribution in [-0.4, -0.2) is 22.6 Å². The van der Waals surface area contributed by atoms with Crippen molar-refractivity contribution in [2.24, 2.45) is 0 Å². The molecule has 2 rings (SSSR count). The number of rotatable bonds is 4. The van der Waals surface area contributed by atoms with Crippen LogP contribution in [0, 0.1) is 0 Å². The molecular formula is C13H12ClN3O. The van der Waals surface area contributed by atoms with E-state index in [1.807, 2.05) is 30.3 Å². The Morgan fingerprint density at radius 3 is 2.67 bits per heavy atom. The van der Waals surface area contributed by atoms with Crippen molar-refractivity contribution in [2.75, 3.05) is 6.54 Å². The van der Waals surface area contributed by atoms with E-state index >= 15 is 0 Å². The molecule has 1 heterocycles. The number of nitrogens with zero attached hydrogens (tertiary/aromatic N) is 2. The molecular weight excluding hydrogens is 250 g/mol. The summed E-state index contributed by atoms with van der Waals surface area (Å²) in [6.45, 7) is 0.368. The van der Waals surface area contributed by atoms with Crippen LogP contribution in [0.15, 0.2) is 48.8 Å². The molecule has 0 fully saturated rings. The van der Waals surface area contributed by atoms with Gasteiger partial charge in [0.2, 0.25) is 0 Å². The van der Waals surface area contributed by atoms with Gasteiger partial charge in [-0.3, -0.25) is 4.79 Å². The summed E-state index contributed by atoms with van der Waals surface area (Å²) in [5, 5.41) is 9.77. The SMILES string of the molecule is O=C(NCC(Cl)c1ccccc1)c1ccnnc1. The third kappa shape index (κ3) is 3.28. The normalized spacial score (nSPS) is 11.8. The Kier molecular flexibility index (Phi) is 4.25. The lowest BCUT2D eigenvalue weighted by atomic mass is 10.1. The highest BCUT2D eigenvalue weighted by Crippen LogP contribution is 2.18. The highest BCUT2D eigenvalue weighted by atomic mass is 35.5. The molecule has 1 aromatic carbocycles. The highest BCUT2D eigenvalue weighted by Gasteiger charge is 2.10.